The molecular weight excluding hydrogens is 276 g/mol. The molecule has 1 rings (SSSR count). The topological polar surface area (TPSA) is 24.1 Å². The minimum absolute atomic E-state index is 0.0346. The summed E-state index contributed by atoms with van der Waals surface area (Å²) in [4.78, 5) is 0. The minimum Gasteiger partial charge on any atom is -0.359 e. The van der Waals surface area contributed by atoms with Gasteiger partial charge in [-0.3, -0.25) is 0 Å². The molecule has 0 aromatic heterocycles. The normalized spacial score (nSPS) is 30.0. The van der Waals surface area contributed by atoms with Crippen molar-refractivity contribution in [2.45, 2.75) is 91.6 Å². The van der Waals surface area contributed by atoms with E-state index in [1.807, 2.05) is 0 Å². The third-order valence-electron chi connectivity index (χ3n) is 4.82. The van der Waals surface area contributed by atoms with Crippen LogP contribution >= 0.6 is 12.2 Å². The Hall–Kier alpha value is -0.310. The average Bonchev–Trinajstić information content (AvgIpc) is 2.38. The molecule has 124 valence electrons. The number of thiocarbonyl (C=S) groups is 1. The second-order valence-corrected chi connectivity index (χ2v) is 8.25. The maximum Gasteiger partial charge on any atom is 0.166 e. The Morgan fingerprint density at radius 1 is 1.05 bits per heavy atom. The zero-order valence-corrected chi connectivity index (χ0v) is 15.8. The van der Waals surface area contributed by atoms with Crippen LogP contribution in [0.5, 0.6) is 0 Å². The van der Waals surface area contributed by atoms with Gasteiger partial charge in [0.1, 0.15) is 0 Å². The summed E-state index contributed by atoms with van der Waals surface area (Å²) in [6, 6.07) is 0.551. The molecule has 0 bridgehead atoms. The fourth-order valence-electron chi connectivity index (χ4n) is 3.88. The van der Waals surface area contributed by atoms with Crippen LogP contribution in [0.1, 0.15) is 80.1 Å². The van der Waals surface area contributed by atoms with Crippen LogP contribution in [0, 0.1) is 17.8 Å². The van der Waals surface area contributed by atoms with Crippen molar-refractivity contribution in [3.05, 3.63) is 0 Å². The van der Waals surface area contributed by atoms with Crippen molar-refractivity contribution in [1.29, 1.82) is 0 Å². The predicted molar refractivity (Wildman–Crippen MR) is 97.6 cm³/mol. The van der Waals surface area contributed by atoms with Gasteiger partial charge < -0.3 is 10.6 Å². The van der Waals surface area contributed by atoms with Crippen molar-refractivity contribution < 1.29 is 0 Å². The first-order valence-corrected chi connectivity index (χ1v) is 9.30. The van der Waals surface area contributed by atoms with Gasteiger partial charge in [0.15, 0.2) is 5.11 Å². The van der Waals surface area contributed by atoms with E-state index >= 15 is 0 Å². The molecule has 21 heavy (non-hydrogen) atoms. The second-order valence-electron chi connectivity index (χ2n) is 7.84. The van der Waals surface area contributed by atoms with Gasteiger partial charge >= 0.3 is 0 Å². The second kappa shape index (κ2) is 8.36. The SMILES string of the molecule is CCCC1CC(CC)C(NC(=S)NC(C)(C)C)C(CC)C1. The van der Waals surface area contributed by atoms with Crippen LogP contribution in [-0.4, -0.2) is 16.7 Å². The Labute approximate surface area is 137 Å². The van der Waals surface area contributed by atoms with Gasteiger partial charge in [0.05, 0.1) is 0 Å². The van der Waals surface area contributed by atoms with Crippen molar-refractivity contribution >= 4 is 17.3 Å². The standard InChI is InChI=1S/C18H36N2S/c1-7-10-13-11-14(8-2)16(15(9-3)12-13)19-17(21)20-18(4,5)6/h13-16H,7-12H2,1-6H3,(H2,19,20,21). The average molecular weight is 313 g/mol. The molecule has 0 saturated heterocycles. The molecule has 2 nitrogen and oxygen atoms in total. The highest BCUT2D eigenvalue weighted by Gasteiger charge is 2.36. The fraction of sp³-hybridized carbons (Fsp3) is 0.944. The third kappa shape index (κ3) is 6.14. The molecule has 0 aromatic carbocycles. The Balaban J connectivity index is 2.70. The van der Waals surface area contributed by atoms with E-state index in [2.05, 4.69) is 52.2 Å². The molecule has 0 heterocycles. The summed E-state index contributed by atoms with van der Waals surface area (Å²) in [6.45, 7) is 13.5. The van der Waals surface area contributed by atoms with Crippen LogP contribution in [0.25, 0.3) is 0 Å². The number of rotatable bonds is 5. The largest absolute Gasteiger partial charge is 0.359 e. The van der Waals surface area contributed by atoms with Crippen LogP contribution in [0.3, 0.4) is 0 Å². The van der Waals surface area contributed by atoms with E-state index in [0.717, 1.165) is 22.9 Å². The summed E-state index contributed by atoms with van der Waals surface area (Å²) >= 11 is 5.54. The highest BCUT2D eigenvalue weighted by Crippen LogP contribution is 2.39. The smallest absolute Gasteiger partial charge is 0.166 e. The van der Waals surface area contributed by atoms with E-state index in [1.165, 1.54) is 38.5 Å². The molecule has 1 fully saturated rings. The molecule has 0 radical (unpaired) electrons. The molecule has 0 spiro atoms. The maximum absolute atomic E-state index is 5.54. The summed E-state index contributed by atoms with van der Waals surface area (Å²) < 4.78 is 0. The Morgan fingerprint density at radius 2 is 1.57 bits per heavy atom. The van der Waals surface area contributed by atoms with Crippen LogP contribution < -0.4 is 10.6 Å². The zero-order valence-electron chi connectivity index (χ0n) is 15.0. The Bertz CT molecular complexity index is 308. The summed E-state index contributed by atoms with van der Waals surface area (Å²) in [5.74, 6) is 2.45. The summed E-state index contributed by atoms with van der Waals surface area (Å²) in [7, 11) is 0. The van der Waals surface area contributed by atoms with Crippen molar-refractivity contribution in [3.63, 3.8) is 0 Å². The van der Waals surface area contributed by atoms with Gasteiger partial charge in [-0.2, -0.15) is 0 Å². The number of hydrogen-bond donors (Lipinski definition) is 2. The van der Waals surface area contributed by atoms with Gasteiger partial charge in [-0.05, 0) is 63.6 Å². The molecule has 1 saturated carbocycles. The monoisotopic (exact) mass is 312 g/mol. The molecule has 0 aliphatic heterocycles. The number of nitrogens with one attached hydrogen (secondary N) is 2. The molecule has 1 aliphatic carbocycles. The van der Waals surface area contributed by atoms with Crippen LogP contribution in [-0.2, 0) is 0 Å². The van der Waals surface area contributed by atoms with E-state index < -0.39 is 0 Å². The molecule has 0 amide bonds. The lowest BCUT2D eigenvalue weighted by Crippen LogP contribution is -2.55. The van der Waals surface area contributed by atoms with Crippen molar-refractivity contribution in [1.82, 2.24) is 10.6 Å². The lowest BCUT2D eigenvalue weighted by atomic mass is 9.68. The van der Waals surface area contributed by atoms with Gasteiger partial charge in [0, 0.05) is 11.6 Å². The highest BCUT2D eigenvalue weighted by atomic mass is 32.1. The van der Waals surface area contributed by atoms with E-state index in [1.54, 1.807) is 0 Å². The van der Waals surface area contributed by atoms with E-state index in [-0.39, 0.29) is 5.54 Å². The molecule has 0 aromatic rings. The van der Waals surface area contributed by atoms with Crippen LogP contribution in [0.2, 0.25) is 0 Å². The maximum atomic E-state index is 5.54. The fourth-order valence-corrected chi connectivity index (χ4v) is 4.32. The van der Waals surface area contributed by atoms with Crippen LogP contribution in [0.4, 0.5) is 0 Å². The summed E-state index contributed by atoms with van der Waals surface area (Å²) in [5, 5.41) is 7.90. The summed E-state index contributed by atoms with van der Waals surface area (Å²) in [5.41, 5.74) is 0.0346. The van der Waals surface area contributed by atoms with Gasteiger partial charge in [0.2, 0.25) is 0 Å². The lowest BCUT2D eigenvalue weighted by Gasteiger charge is -2.43. The van der Waals surface area contributed by atoms with Gasteiger partial charge in [-0.15, -0.1) is 0 Å². The van der Waals surface area contributed by atoms with Crippen molar-refractivity contribution in [2.75, 3.05) is 0 Å². The quantitative estimate of drug-likeness (QED) is 0.707. The Kier molecular flexibility index (Phi) is 7.46. The highest BCUT2D eigenvalue weighted by molar-refractivity contribution is 7.80. The molecule has 2 N–H and O–H groups in total. The van der Waals surface area contributed by atoms with Crippen molar-refractivity contribution in [2.24, 2.45) is 17.8 Å². The Morgan fingerprint density at radius 3 is 1.95 bits per heavy atom. The molecular formula is C18H36N2S. The minimum atomic E-state index is 0.0346. The predicted octanol–water partition coefficient (Wildman–Crippen LogP) is 4.88. The molecule has 1 aliphatic rings. The molecule has 2 atom stereocenters. The molecule has 2 unspecified atom stereocenters. The molecule has 3 heteroatoms. The summed E-state index contributed by atoms with van der Waals surface area (Å²) in [6.07, 6.45) is 7.97. The van der Waals surface area contributed by atoms with Crippen LogP contribution in [0.15, 0.2) is 0 Å². The zero-order chi connectivity index (χ0) is 16.0. The first-order valence-electron chi connectivity index (χ1n) is 8.89. The first-order chi connectivity index (χ1) is 9.80. The van der Waals surface area contributed by atoms with E-state index in [4.69, 9.17) is 12.2 Å². The lowest BCUT2D eigenvalue weighted by molar-refractivity contribution is 0.133. The first kappa shape index (κ1) is 18.7. The third-order valence-corrected chi connectivity index (χ3v) is 5.04. The number of hydrogen-bond acceptors (Lipinski definition) is 1. The van der Waals surface area contributed by atoms with Crippen molar-refractivity contribution in [3.8, 4) is 0 Å². The van der Waals surface area contributed by atoms with E-state index in [9.17, 15) is 0 Å². The van der Waals surface area contributed by atoms with E-state index in [0.29, 0.717) is 6.04 Å². The van der Waals surface area contributed by atoms with Gasteiger partial charge in [0.25, 0.3) is 0 Å². The van der Waals surface area contributed by atoms with Gasteiger partial charge in [-0.25, -0.2) is 0 Å². The van der Waals surface area contributed by atoms with Gasteiger partial charge in [-0.1, -0.05) is 46.5 Å².